The molecule has 0 aromatic rings. The Morgan fingerprint density at radius 1 is 0.386 bits per heavy atom. The second-order valence-corrected chi connectivity index (χ2v) is 14.8. The molecule has 0 radical (unpaired) electrons. The fraction of sp³-hybridized carbons (Fsp3) is 0.947. The predicted octanol–water partition coefficient (Wildman–Crippen LogP) is 9.63. The van der Waals surface area contributed by atoms with E-state index in [4.69, 9.17) is 9.47 Å². The van der Waals surface area contributed by atoms with E-state index in [1.165, 1.54) is 116 Å². The van der Waals surface area contributed by atoms with E-state index >= 15 is 0 Å². The highest BCUT2D eigenvalue weighted by atomic mass is 16.5. The highest BCUT2D eigenvalue weighted by Crippen LogP contribution is 2.13. The number of rotatable bonds is 33. The molecular formula is C38H78N2O4+2. The van der Waals surface area contributed by atoms with E-state index in [0.717, 1.165) is 60.8 Å². The lowest BCUT2D eigenvalue weighted by atomic mass is 10.1. The van der Waals surface area contributed by atoms with Gasteiger partial charge in [0.2, 0.25) is 0 Å². The second kappa shape index (κ2) is 29.3. The highest BCUT2D eigenvalue weighted by molar-refractivity contribution is 5.69. The van der Waals surface area contributed by atoms with Gasteiger partial charge < -0.3 is 18.4 Å². The molecule has 0 saturated heterocycles. The van der Waals surface area contributed by atoms with E-state index in [-0.39, 0.29) is 11.9 Å². The van der Waals surface area contributed by atoms with Crippen LogP contribution in [0.4, 0.5) is 0 Å². The molecule has 44 heavy (non-hydrogen) atoms. The largest absolute Gasteiger partial charge is 0.460 e. The monoisotopic (exact) mass is 627 g/mol. The van der Waals surface area contributed by atoms with Crippen molar-refractivity contribution >= 4 is 11.9 Å². The van der Waals surface area contributed by atoms with Gasteiger partial charge in [-0.1, -0.05) is 117 Å². The topological polar surface area (TPSA) is 52.6 Å². The quantitative estimate of drug-likeness (QED) is 0.0413. The molecule has 0 atom stereocenters. The molecule has 0 amide bonds. The third-order valence-corrected chi connectivity index (χ3v) is 9.17. The highest BCUT2D eigenvalue weighted by Gasteiger charge is 2.17. The summed E-state index contributed by atoms with van der Waals surface area (Å²) in [7, 11) is 8.97. The maximum Gasteiger partial charge on any atom is 0.305 e. The Kier molecular flexibility index (Phi) is 28.5. The standard InChI is InChI=1S/C38H78N2O4/c1-7-9-11-13-15-17-19-21-25-29-37(41)43-35-33-39(3,4)31-27-23-24-28-32-40(5,6)34-36-44-38(42)30-26-22-20-18-16-14-12-10-8-2/h7-36H2,1-6H3/q+2. The molecule has 6 heteroatoms. The van der Waals surface area contributed by atoms with Crippen molar-refractivity contribution in [3.05, 3.63) is 0 Å². The van der Waals surface area contributed by atoms with Crippen LogP contribution in [-0.2, 0) is 19.1 Å². The molecule has 0 saturated carbocycles. The summed E-state index contributed by atoms with van der Waals surface area (Å²) < 4.78 is 12.9. The number of carbonyl (C=O) groups is 2. The summed E-state index contributed by atoms with van der Waals surface area (Å²) in [6.45, 7) is 9.56. The zero-order chi connectivity index (χ0) is 32.8. The number of carbonyl (C=O) groups excluding carboxylic acids is 2. The third-order valence-electron chi connectivity index (χ3n) is 9.17. The minimum absolute atomic E-state index is 0.0257. The van der Waals surface area contributed by atoms with Gasteiger partial charge in [-0.25, -0.2) is 0 Å². The lowest BCUT2D eigenvalue weighted by Crippen LogP contribution is -2.43. The molecule has 0 N–H and O–H groups in total. The van der Waals surface area contributed by atoms with Gasteiger partial charge in [-0.15, -0.1) is 0 Å². The first-order valence-corrected chi connectivity index (χ1v) is 19.1. The van der Waals surface area contributed by atoms with Crippen LogP contribution in [0, 0.1) is 0 Å². The number of nitrogens with zero attached hydrogens (tertiary/aromatic N) is 2. The Morgan fingerprint density at radius 3 is 0.977 bits per heavy atom. The van der Waals surface area contributed by atoms with Crippen LogP contribution in [0.1, 0.15) is 168 Å². The molecule has 0 aliphatic rings. The second-order valence-electron chi connectivity index (χ2n) is 14.8. The molecule has 0 aromatic heterocycles. The minimum atomic E-state index is -0.0257. The molecule has 0 spiro atoms. The van der Waals surface area contributed by atoms with Crippen molar-refractivity contribution in [3.63, 3.8) is 0 Å². The summed E-state index contributed by atoms with van der Waals surface area (Å²) in [5.74, 6) is -0.0514. The molecule has 6 nitrogen and oxygen atoms in total. The molecular weight excluding hydrogens is 548 g/mol. The summed E-state index contributed by atoms with van der Waals surface area (Å²) >= 11 is 0. The molecule has 0 rings (SSSR count). The Bertz CT molecular complexity index is 609. The van der Waals surface area contributed by atoms with Gasteiger partial charge in [-0.05, 0) is 38.5 Å². The first-order valence-electron chi connectivity index (χ1n) is 19.1. The minimum Gasteiger partial charge on any atom is -0.460 e. The number of esters is 2. The molecule has 0 aromatic carbocycles. The van der Waals surface area contributed by atoms with Crippen LogP contribution in [0.2, 0.25) is 0 Å². The number of likely N-dealkylation sites (N-methyl/N-ethyl adjacent to an activating group) is 2. The van der Waals surface area contributed by atoms with Crippen molar-refractivity contribution in [3.8, 4) is 0 Å². The van der Waals surface area contributed by atoms with Gasteiger partial charge in [0, 0.05) is 12.8 Å². The Hall–Kier alpha value is -1.14. The van der Waals surface area contributed by atoms with Crippen LogP contribution in [0.25, 0.3) is 0 Å². The van der Waals surface area contributed by atoms with Crippen LogP contribution in [0.15, 0.2) is 0 Å². The number of ether oxygens (including phenoxy) is 2. The molecule has 0 bridgehead atoms. The van der Waals surface area contributed by atoms with Crippen molar-refractivity contribution in [1.82, 2.24) is 0 Å². The van der Waals surface area contributed by atoms with Crippen molar-refractivity contribution in [2.75, 3.05) is 67.6 Å². The molecule has 0 aliphatic heterocycles. The predicted molar refractivity (Wildman–Crippen MR) is 188 cm³/mol. The summed E-state index contributed by atoms with van der Waals surface area (Å²) in [6.07, 6.45) is 28.8. The van der Waals surface area contributed by atoms with Gasteiger partial charge in [0.05, 0.1) is 41.3 Å². The third kappa shape index (κ3) is 30.9. The molecule has 0 aliphatic carbocycles. The Morgan fingerprint density at radius 2 is 0.659 bits per heavy atom. The van der Waals surface area contributed by atoms with Crippen molar-refractivity contribution in [1.29, 1.82) is 0 Å². The lowest BCUT2D eigenvalue weighted by molar-refractivity contribution is -0.891. The van der Waals surface area contributed by atoms with Crippen LogP contribution in [-0.4, -0.2) is 88.5 Å². The van der Waals surface area contributed by atoms with Gasteiger partial charge in [-0.2, -0.15) is 0 Å². The summed E-state index contributed by atoms with van der Waals surface area (Å²) in [6, 6.07) is 0. The van der Waals surface area contributed by atoms with Crippen LogP contribution in [0.3, 0.4) is 0 Å². The Labute approximate surface area is 275 Å². The normalized spacial score (nSPS) is 12.0. The van der Waals surface area contributed by atoms with E-state index in [1.54, 1.807) is 0 Å². The van der Waals surface area contributed by atoms with E-state index in [2.05, 4.69) is 42.0 Å². The smallest absolute Gasteiger partial charge is 0.305 e. The van der Waals surface area contributed by atoms with Gasteiger partial charge in [0.15, 0.2) is 0 Å². The number of hydrogen-bond acceptors (Lipinski definition) is 4. The number of quaternary nitrogens is 2. The summed E-state index contributed by atoms with van der Waals surface area (Å²) in [5, 5.41) is 0. The van der Waals surface area contributed by atoms with Crippen LogP contribution >= 0.6 is 0 Å². The van der Waals surface area contributed by atoms with E-state index in [9.17, 15) is 9.59 Å². The van der Waals surface area contributed by atoms with Gasteiger partial charge in [-0.3, -0.25) is 9.59 Å². The zero-order valence-corrected chi connectivity index (χ0v) is 30.7. The van der Waals surface area contributed by atoms with Crippen LogP contribution in [0.5, 0.6) is 0 Å². The van der Waals surface area contributed by atoms with Crippen molar-refractivity contribution in [2.45, 2.75) is 168 Å². The van der Waals surface area contributed by atoms with Crippen molar-refractivity contribution in [2.24, 2.45) is 0 Å². The maximum absolute atomic E-state index is 12.1. The maximum atomic E-state index is 12.1. The first-order chi connectivity index (χ1) is 21.1. The molecule has 0 heterocycles. The number of hydrogen-bond donors (Lipinski definition) is 0. The number of unbranched alkanes of at least 4 members (excludes halogenated alkanes) is 19. The van der Waals surface area contributed by atoms with Gasteiger partial charge in [0.25, 0.3) is 0 Å². The van der Waals surface area contributed by atoms with E-state index in [1.807, 2.05) is 0 Å². The van der Waals surface area contributed by atoms with E-state index < -0.39 is 0 Å². The summed E-state index contributed by atoms with van der Waals surface area (Å²) in [5.41, 5.74) is 0. The first kappa shape index (κ1) is 42.9. The van der Waals surface area contributed by atoms with E-state index in [0.29, 0.717) is 26.1 Å². The molecule has 0 fully saturated rings. The Balaban J connectivity index is 3.69. The van der Waals surface area contributed by atoms with Crippen molar-refractivity contribution < 1.29 is 28.0 Å². The fourth-order valence-electron chi connectivity index (χ4n) is 5.77. The van der Waals surface area contributed by atoms with Crippen LogP contribution < -0.4 is 0 Å². The molecule has 0 unspecified atom stereocenters. The summed E-state index contributed by atoms with van der Waals surface area (Å²) in [4.78, 5) is 24.2. The van der Waals surface area contributed by atoms with Gasteiger partial charge >= 0.3 is 11.9 Å². The average molecular weight is 627 g/mol. The zero-order valence-electron chi connectivity index (χ0n) is 30.7. The average Bonchev–Trinajstić information content (AvgIpc) is 2.97. The SMILES string of the molecule is CCCCCCCCCCCC(=O)OCC[N+](C)(C)CCCCCC[N+](C)(C)CCOC(=O)CCCCCCCCCCC. The molecule has 262 valence electrons. The lowest BCUT2D eigenvalue weighted by Gasteiger charge is -2.30. The van der Waals surface area contributed by atoms with Gasteiger partial charge in [0.1, 0.15) is 26.3 Å². The fourth-order valence-corrected chi connectivity index (χ4v) is 5.77.